The van der Waals surface area contributed by atoms with Gasteiger partial charge in [0.15, 0.2) is 11.9 Å². The average molecular weight is 283 g/mol. The molecule has 4 N–H and O–H groups in total. The second-order valence-corrected chi connectivity index (χ2v) is 3.95. The molecule has 1 atom stereocenters. The number of alkyl halides is 3. The third-order valence-corrected chi connectivity index (χ3v) is 2.37. The molecule has 0 heterocycles. The van der Waals surface area contributed by atoms with Gasteiger partial charge in [0.25, 0.3) is 5.91 Å². The van der Waals surface area contributed by atoms with Crippen LogP contribution in [-0.2, 0) is 0 Å². The lowest BCUT2D eigenvalue weighted by molar-refractivity contribution is -0.189. The zero-order valence-electron chi connectivity index (χ0n) is 9.22. The minimum atomic E-state index is -4.58. The number of amides is 1. The maximum atomic E-state index is 12.4. The summed E-state index contributed by atoms with van der Waals surface area (Å²) in [7, 11) is 0. The number of hydrogen-bond donors (Lipinski definition) is 2. The van der Waals surface area contributed by atoms with Crippen molar-refractivity contribution in [2.75, 3.05) is 5.73 Å². The highest BCUT2D eigenvalue weighted by molar-refractivity contribution is 6.33. The van der Waals surface area contributed by atoms with Crippen LogP contribution < -0.4 is 16.2 Å². The first kappa shape index (κ1) is 14.4. The molecule has 1 unspecified atom stereocenters. The number of carbonyl (C=O) groups excluding carboxylic acids is 1. The Labute approximate surface area is 106 Å². The van der Waals surface area contributed by atoms with Gasteiger partial charge < -0.3 is 16.2 Å². The van der Waals surface area contributed by atoms with E-state index < -0.39 is 23.9 Å². The monoisotopic (exact) mass is 282 g/mol. The highest BCUT2D eigenvalue weighted by atomic mass is 35.5. The Balaban J connectivity index is 3.20. The van der Waals surface area contributed by atoms with Crippen molar-refractivity contribution >= 4 is 23.2 Å². The van der Waals surface area contributed by atoms with E-state index in [9.17, 15) is 18.0 Å². The topological polar surface area (TPSA) is 78.3 Å². The molecule has 4 nitrogen and oxygen atoms in total. The van der Waals surface area contributed by atoms with Gasteiger partial charge in [0.1, 0.15) is 0 Å². The van der Waals surface area contributed by atoms with Gasteiger partial charge in [0.05, 0.1) is 10.6 Å². The van der Waals surface area contributed by atoms with Crippen molar-refractivity contribution in [3.63, 3.8) is 0 Å². The van der Waals surface area contributed by atoms with Crippen LogP contribution in [-0.4, -0.2) is 18.2 Å². The normalized spacial score (nSPS) is 13.2. The Kier molecular flexibility index (Phi) is 3.95. The lowest BCUT2D eigenvalue weighted by Gasteiger charge is -2.20. The average Bonchev–Trinajstić information content (AvgIpc) is 2.19. The molecule has 18 heavy (non-hydrogen) atoms. The maximum Gasteiger partial charge on any atom is 0.425 e. The van der Waals surface area contributed by atoms with Crippen molar-refractivity contribution in [2.45, 2.75) is 19.2 Å². The number of rotatable bonds is 3. The van der Waals surface area contributed by atoms with Crippen molar-refractivity contribution in [1.29, 1.82) is 0 Å². The summed E-state index contributed by atoms with van der Waals surface area (Å²) in [5.41, 5.74) is 10.2. The van der Waals surface area contributed by atoms with Crippen molar-refractivity contribution in [2.24, 2.45) is 5.73 Å². The number of primary amides is 1. The van der Waals surface area contributed by atoms with Crippen LogP contribution in [0.1, 0.15) is 17.3 Å². The maximum absolute atomic E-state index is 12.4. The van der Waals surface area contributed by atoms with Crippen LogP contribution in [0.5, 0.6) is 5.75 Å². The predicted octanol–water partition coefficient (Wildman–Crippen LogP) is 2.35. The molecule has 0 radical (unpaired) electrons. The molecule has 0 aliphatic heterocycles. The van der Waals surface area contributed by atoms with Crippen LogP contribution in [0, 0.1) is 0 Å². The molecule has 1 rings (SSSR count). The SMILES string of the molecule is CC(Oc1c(Cl)cc(N)cc1C(N)=O)C(F)(F)F. The van der Waals surface area contributed by atoms with E-state index in [1.54, 1.807) is 0 Å². The molecule has 0 aliphatic carbocycles. The van der Waals surface area contributed by atoms with Crippen LogP contribution in [0.2, 0.25) is 5.02 Å². The molecule has 0 aromatic heterocycles. The van der Waals surface area contributed by atoms with Gasteiger partial charge in [-0.25, -0.2) is 0 Å². The second kappa shape index (κ2) is 4.93. The highest BCUT2D eigenvalue weighted by Gasteiger charge is 2.39. The number of hydrogen-bond acceptors (Lipinski definition) is 3. The van der Waals surface area contributed by atoms with Gasteiger partial charge in [-0.1, -0.05) is 11.6 Å². The van der Waals surface area contributed by atoms with Crippen molar-refractivity contribution < 1.29 is 22.7 Å². The molecule has 1 amide bonds. The van der Waals surface area contributed by atoms with Gasteiger partial charge in [-0.05, 0) is 19.1 Å². The molecule has 8 heteroatoms. The first-order valence-corrected chi connectivity index (χ1v) is 5.13. The summed E-state index contributed by atoms with van der Waals surface area (Å²) < 4.78 is 41.8. The number of anilines is 1. The fraction of sp³-hybridized carbons (Fsp3) is 0.300. The quantitative estimate of drug-likeness (QED) is 0.835. The van der Waals surface area contributed by atoms with Crippen LogP contribution in [0.4, 0.5) is 18.9 Å². The summed E-state index contributed by atoms with van der Waals surface area (Å²) in [5.74, 6) is -1.41. The van der Waals surface area contributed by atoms with Crippen LogP contribution in [0.15, 0.2) is 12.1 Å². The molecule has 0 fully saturated rings. The van der Waals surface area contributed by atoms with Gasteiger partial charge in [0.2, 0.25) is 0 Å². The number of nitrogen functional groups attached to an aromatic ring is 1. The fourth-order valence-corrected chi connectivity index (χ4v) is 1.43. The zero-order valence-corrected chi connectivity index (χ0v) is 9.97. The molecule has 100 valence electrons. The summed E-state index contributed by atoms with van der Waals surface area (Å²) >= 11 is 5.69. The Hall–Kier alpha value is -1.63. The lowest BCUT2D eigenvalue weighted by Crippen LogP contribution is -2.32. The van der Waals surface area contributed by atoms with E-state index in [0.29, 0.717) is 0 Å². The Morgan fingerprint density at radius 1 is 1.44 bits per heavy atom. The van der Waals surface area contributed by atoms with E-state index in [2.05, 4.69) is 4.74 Å². The smallest absolute Gasteiger partial charge is 0.425 e. The predicted molar refractivity (Wildman–Crippen MR) is 60.5 cm³/mol. The first-order valence-electron chi connectivity index (χ1n) is 4.75. The molecule has 0 saturated heterocycles. The minimum absolute atomic E-state index is 0.0980. The molecular weight excluding hydrogens is 273 g/mol. The molecule has 1 aromatic rings. The van der Waals surface area contributed by atoms with E-state index >= 15 is 0 Å². The van der Waals surface area contributed by atoms with E-state index in [-0.39, 0.29) is 16.3 Å². The van der Waals surface area contributed by atoms with Crippen LogP contribution in [0.3, 0.4) is 0 Å². The van der Waals surface area contributed by atoms with Gasteiger partial charge in [-0.3, -0.25) is 4.79 Å². The van der Waals surface area contributed by atoms with E-state index in [1.165, 1.54) is 6.07 Å². The second-order valence-electron chi connectivity index (χ2n) is 3.55. The van der Waals surface area contributed by atoms with E-state index in [4.69, 9.17) is 23.1 Å². The molecule has 0 spiro atoms. The summed E-state index contributed by atoms with van der Waals surface area (Å²) in [4.78, 5) is 11.1. The standard InChI is InChI=1S/C10H10ClF3N2O2/c1-4(10(12,13)14)18-8-6(9(16)17)2-5(15)3-7(8)11/h2-4H,15H2,1H3,(H2,16,17). The fourth-order valence-electron chi connectivity index (χ4n) is 1.16. The summed E-state index contributed by atoms with van der Waals surface area (Å²) in [5, 5.41) is -0.208. The van der Waals surface area contributed by atoms with Crippen molar-refractivity contribution in [3.05, 3.63) is 22.7 Å². The molecule has 0 aliphatic rings. The largest absolute Gasteiger partial charge is 0.479 e. The third kappa shape index (κ3) is 3.19. The van der Waals surface area contributed by atoms with Crippen LogP contribution >= 0.6 is 11.6 Å². The highest BCUT2D eigenvalue weighted by Crippen LogP contribution is 2.34. The molecule has 0 bridgehead atoms. The first-order chi connectivity index (χ1) is 8.12. The van der Waals surface area contributed by atoms with Gasteiger partial charge in [-0.2, -0.15) is 13.2 Å². The molecular formula is C10H10ClF3N2O2. The molecule has 1 aromatic carbocycles. The summed E-state index contributed by atoms with van der Waals surface area (Å²) in [6.07, 6.45) is -6.71. The number of carbonyl (C=O) groups is 1. The van der Waals surface area contributed by atoms with Crippen LogP contribution in [0.25, 0.3) is 0 Å². The van der Waals surface area contributed by atoms with Crippen molar-refractivity contribution in [3.8, 4) is 5.75 Å². The minimum Gasteiger partial charge on any atom is -0.479 e. The molecule has 0 saturated carbocycles. The Bertz CT molecular complexity index is 477. The lowest BCUT2D eigenvalue weighted by atomic mass is 10.1. The van der Waals surface area contributed by atoms with Gasteiger partial charge in [0, 0.05) is 5.69 Å². The van der Waals surface area contributed by atoms with Gasteiger partial charge >= 0.3 is 6.18 Å². The van der Waals surface area contributed by atoms with E-state index in [1.807, 2.05) is 0 Å². The Morgan fingerprint density at radius 2 is 2.00 bits per heavy atom. The number of ether oxygens (including phenoxy) is 1. The van der Waals surface area contributed by atoms with E-state index in [0.717, 1.165) is 13.0 Å². The van der Waals surface area contributed by atoms with Crippen molar-refractivity contribution in [1.82, 2.24) is 0 Å². The van der Waals surface area contributed by atoms with Gasteiger partial charge in [-0.15, -0.1) is 0 Å². The Morgan fingerprint density at radius 3 is 2.44 bits per heavy atom. The number of halogens is 4. The number of nitrogens with two attached hydrogens (primary N) is 2. The zero-order chi connectivity index (χ0) is 14.1. The number of benzene rings is 1. The third-order valence-electron chi connectivity index (χ3n) is 2.09. The summed E-state index contributed by atoms with van der Waals surface area (Å²) in [6.45, 7) is 0.789. The summed E-state index contributed by atoms with van der Waals surface area (Å²) in [6, 6.07) is 2.28.